The van der Waals surface area contributed by atoms with Crippen molar-refractivity contribution in [1.82, 2.24) is 5.32 Å². The molecule has 0 saturated carbocycles. The molecule has 2 rings (SSSR count). The van der Waals surface area contributed by atoms with Gasteiger partial charge < -0.3 is 5.32 Å². The molecule has 82 valence electrons. The first-order chi connectivity index (χ1) is 6.99. The fourth-order valence-corrected chi connectivity index (χ4v) is 2.95. The SMILES string of the molecule is C[C@@H]1CC(C)(C)N[C@@H](C)c2ccccc21. The van der Waals surface area contributed by atoms with Gasteiger partial charge in [0.05, 0.1) is 0 Å². The van der Waals surface area contributed by atoms with E-state index in [9.17, 15) is 0 Å². The van der Waals surface area contributed by atoms with Crippen LogP contribution < -0.4 is 5.32 Å². The lowest BCUT2D eigenvalue weighted by Crippen LogP contribution is -2.39. The maximum Gasteiger partial charge on any atom is 0.0299 e. The van der Waals surface area contributed by atoms with E-state index in [2.05, 4.69) is 57.3 Å². The largest absolute Gasteiger partial charge is 0.305 e. The highest BCUT2D eigenvalue weighted by Gasteiger charge is 2.29. The van der Waals surface area contributed by atoms with Crippen molar-refractivity contribution < 1.29 is 0 Å². The second-order valence-corrected chi connectivity index (χ2v) is 5.48. The highest BCUT2D eigenvalue weighted by molar-refractivity contribution is 5.34. The summed E-state index contributed by atoms with van der Waals surface area (Å²) in [7, 11) is 0. The second-order valence-electron chi connectivity index (χ2n) is 5.48. The Balaban J connectivity index is 2.45. The van der Waals surface area contributed by atoms with E-state index in [-0.39, 0.29) is 5.54 Å². The van der Waals surface area contributed by atoms with Crippen LogP contribution in [0.2, 0.25) is 0 Å². The molecule has 15 heavy (non-hydrogen) atoms. The lowest BCUT2D eigenvalue weighted by molar-refractivity contribution is 0.325. The summed E-state index contributed by atoms with van der Waals surface area (Å²) in [5.74, 6) is 0.647. The molecule has 1 heterocycles. The molecule has 0 aromatic heterocycles. The van der Waals surface area contributed by atoms with Gasteiger partial charge in [0.15, 0.2) is 0 Å². The Labute approximate surface area is 92.9 Å². The van der Waals surface area contributed by atoms with Gasteiger partial charge in [-0.05, 0) is 44.2 Å². The Morgan fingerprint density at radius 2 is 1.73 bits per heavy atom. The summed E-state index contributed by atoms with van der Waals surface area (Å²) in [6, 6.07) is 9.29. The van der Waals surface area contributed by atoms with Crippen molar-refractivity contribution in [3.8, 4) is 0 Å². The quantitative estimate of drug-likeness (QED) is 0.679. The molecule has 1 N–H and O–H groups in total. The van der Waals surface area contributed by atoms with Crippen molar-refractivity contribution in [2.24, 2.45) is 0 Å². The molecular weight excluding hydrogens is 182 g/mol. The third kappa shape index (κ3) is 2.07. The average molecular weight is 203 g/mol. The Morgan fingerprint density at radius 1 is 1.13 bits per heavy atom. The van der Waals surface area contributed by atoms with Crippen LogP contribution in [0.1, 0.15) is 57.2 Å². The fourth-order valence-electron chi connectivity index (χ4n) is 2.95. The zero-order chi connectivity index (χ0) is 11.1. The van der Waals surface area contributed by atoms with E-state index >= 15 is 0 Å². The summed E-state index contributed by atoms with van der Waals surface area (Å²) in [6.45, 7) is 9.19. The van der Waals surface area contributed by atoms with Crippen molar-refractivity contribution >= 4 is 0 Å². The number of fused-ring (bicyclic) bond motifs is 1. The van der Waals surface area contributed by atoms with Crippen LogP contribution in [0.4, 0.5) is 0 Å². The molecule has 0 aliphatic carbocycles. The number of rotatable bonds is 0. The van der Waals surface area contributed by atoms with Gasteiger partial charge in [0.25, 0.3) is 0 Å². The second kappa shape index (κ2) is 3.64. The van der Waals surface area contributed by atoms with Gasteiger partial charge >= 0.3 is 0 Å². The van der Waals surface area contributed by atoms with E-state index in [1.807, 2.05) is 0 Å². The monoisotopic (exact) mass is 203 g/mol. The maximum atomic E-state index is 3.70. The molecule has 1 nitrogen and oxygen atoms in total. The van der Waals surface area contributed by atoms with Crippen molar-refractivity contribution in [1.29, 1.82) is 0 Å². The topological polar surface area (TPSA) is 12.0 Å². The fraction of sp³-hybridized carbons (Fsp3) is 0.571. The van der Waals surface area contributed by atoms with E-state index in [1.54, 1.807) is 0 Å². The van der Waals surface area contributed by atoms with Gasteiger partial charge in [-0.15, -0.1) is 0 Å². The van der Waals surface area contributed by atoms with E-state index in [0.717, 1.165) is 0 Å². The van der Waals surface area contributed by atoms with Crippen LogP contribution in [0.25, 0.3) is 0 Å². The Kier molecular flexibility index (Phi) is 2.59. The third-order valence-electron chi connectivity index (χ3n) is 3.42. The van der Waals surface area contributed by atoms with Crippen molar-refractivity contribution in [2.45, 2.75) is 51.6 Å². The van der Waals surface area contributed by atoms with E-state index in [1.165, 1.54) is 17.5 Å². The number of benzene rings is 1. The Morgan fingerprint density at radius 3 is 2.40 bits per heavy atom. The van der Waals surface area contributed by atoms with Crippen LogP contribution in [0.5, 0.6) is 0 Å². The first-order valence-electron chi connectivity index (χ1n) is 5.86. The van der Waals surface area contributed by atoms with E-state index < -0.39 is 0 Å². The molecule has 1 aromatic carbocycles. The van der Waals surface area contributed by atoms with Gasteiger partial charge in [-0.1, -0.05) is 31.2 Å². The minimum atomic E-state index is 0.234. The zero-order valence-electron chi connectivity index (χ0n) is 10.2. The molecule has 1 heteroatoms. The molecule has 0 amide bonds. The normalized spacial score (nSPS) is 29.3. The molecule has 1 aromatic rings. The summed E-state index contributed by atoms with van der Waals surface area (Å²) in [5, 5.41) is 3.70. The van der Waals surface area contributed by atoms with Crippen molar-refractivity contribution in [2.75, 3.05) is 0 Å². The van der Waals surface area contributed by atoms with Crippen molar-refractivity contribution in [3.05, 3.63) is 35.4 Å². The van der Waals surface area contributed by atoms with Gasteiger partial charge in [-0.2, -0.15) is 0 Å². The Bertz CT molecular complexity index is 321. The number of nitrogens with one attached hydrogen (secondary N) is 1. The minimum absolute atomic E-state index is 0.234. The molecule has 0 radical (unpaired) electrons. The predicted octanol–water partition coefficient (Wildman–Crippen LogP) is 3.62. The third-order valence-corrected chi connectivity index (χ3v) is 3.42. The first kappa shape index (κ1) is 10.7. The molecule has 0 fully saturated rings. The molecule has 0 spiro atoms. The van der Waals surface area contributed by atoms with Gasteiger partial charge in [0.2, 0.25) is 0 Å². The average Bonchev–Trinajstić information content (AvgIpc) is 2.23. The summed E-state index contributed by atoms with van der Waals surface area (Å²) in [5.41, 5.74) is 3.22. The highest BCUT2D eigenvalue weighted by atomic mass is 15.0. The highest BCUT2D eigenvalue weighted by Crippen LogP contribution is 2.35. The maximum absolute atomic E-state index is 3.70. The Hall–Kier alpha value is -0.820. The first-order valence-corrected chi connectivity index (χ1v) is 5.86. The summed E-state index contributed by atoms with van der Waals surface area (Å²) >= 11 is 0. The lowest BCUT2D eigenvalue weighted by atomic mass is 9.87. The van der Waals surface area contributed by atoms with Crippen LogP contribution >= 0.6 is 0 Å². The van der Waals surface area contributed by atoms with Crippen LogP contribution in [-0.2, 0) is 0 Å². The number of hydrogen-bond acceptors (Lipinski definition) is 1. The lowest BCUT2D eigenvalue weighted by Gasteiger charge is -2.28. The molecular formula is C14H21N. The number of hydrogen-bond donors (Lipinski definition) is 1. The van der Waals surface area contributed by atoms with Crippen LogP contribution in [0, 0.1) is 0 Å². The van der Waals surface area contributed by atoms with E-state index in [0.29, 0.717) is 12.0 Å². The summed E-state index contributed by atoms with van der Waals surface area (Å²) in [6.07, 6.45) is 1.20. The van der Waals surface area contributed by atoms with Crippen LogP contribution in [0.3, 0.4) is 0 Å². The van der Waals surface area contributed by atoms with Crippen LogP contribution in [-0.4, -0.2) is 5.54 Å². The zero-order valence-corrected chi connectivity index (χ0v) is 10.2. The molecule has 1 aliphatic heterocycles. The van der Waals surface area contributed by atoms with Gasteiger partial charge in [0.1, 0.15) is 0 Å². The molecule has 0 bridgehead atoms. The van der Waals surface area contributed by atoms with Gasteiger partial charge in [-0.3, -0.25) is 0 Å². The van der Waals surface area contributed by atoms with Gasteiger partial charge in [0, 0.05) is 11.6 Å². The summed E-state index contributed by atoms with van der Waals surface area (Å²) in [4.78, 5) is 0. The molecule has 2 atom stereocenters. The molecule has 0 saturated heterocycles. The summed E-state index contributed by atoms with van der Waals surface area (Å²) < 4.78 is 0. The minimum Gasteiger partial charge on any atom is -0.305 e. The molecule has 1 aliphatic rings. The van der Waals surface area contributed by atoms with Gasteiger partial charge in [-0.25, -0.2) is 0 Å². The van der Waals surface area contributed by atoms with Crippen LogP contribution in [0.15, 0.2) is 24.3 Å². The van der Waals surface area contributed by atoms with E-state index in [4.69, 9.17) is 0 Å². The smallest absolute Gasteiger partial charge is 0.0299 e. The standard InChI is InChI=1S/C14H21N/c1-10-9-14(3,4)15-11(2)13-8-6-5-7-12(10)13/h5-8,10-11,15H,9H2,1-4H3/t10-,11+/m1/s1. The predicted molar refractivity (Wildman–Crippen MR) is 65.1 cm³/mol. The van der Waals surface area contributed by atoms with Crippen molar-refractivity contribution in [3.63, 3.8) is 0 Å². The molecule has 0 unspecified atom stereocenters.